The Morgan fingerprint density at radius 1 is 1.48 bits per heavy atom. The van der Waals surface area contributed by atoms with Crippen molar-refractivity contribution in [1.82, 2.24) is 10.0 Å². The lowest BCUT2D eigenvalue weighted by molar-refractivity contribution is 0.0997. The average Bonchev–Trinajstić information content (AvgIpc) is 2.47. The summed E-state index contributed by atoms with van der Waals surface area (Å²) in [5.74, 6) is -0.482. The Hall–Kier alpha value is -1.64. The Kier molecular flexibility index (Phi) is 4.81. The van der Waals surface area contributed by atoms with Crippen molar-refractivity contribution >= 4 is 15.9 Å². The molecule has 0 aromatic heterocycles. The van der Waals surface area contributed by atoms with E-state index in [4.69, 9.17) is 10.5 Å². The van der Waals surface area contributed by atoms with Crippen molar-refractivity contribution in [2.75, 3.05) is 20.2 Å². The monoisotopic (exact) mass is 313 g/mol. The molecule has 1 aromatic carbocycles. The van der Waals surface area contributed by atoms with Gasteiger partial charge >= 0.3 is 0 Å². The molecule has 1 heterocycles. The molecular weight excluding hydrogens is 294 g/mol. The number of nitrogens with two attached hydrogens (primary N) is 1. The van der Waals surface area contributed by atoms with Crippen molar-refractivity contribution in [3.8, 4) is 5.75 Å². The maximum Gasteiger partial charge on any atom is 0.252 e. The first-order valence-corrected chi connectivity index (χ1v) is 8.13. The van der Waals surface area contributed by atoms with Gasteiger partial charge in [-0.2, -0.15) is 0 Å². The van der Waals surface area contributed by atoms with E-state index in [1.165, 1.54) is 25.3 Å². The Bertz CT molecular complexity index is 624. The van der Waals surface area contributed by atoms with Crippen molar-refractivity contribution in [3.05, 3.63) is 23.8 Å². The van der Waals surface area contributed by atoms with E-state index >= 15 is 0 Å². The molecule has 0 spiro atoms. The molecule has 8 heteroatoms. The van der Waals surface area contributed by atoms with Gasteiger partial charge in [-0.25, -0.2) is 13.1 Å². The summed E-state index contributed by atoms with van der Waals surface area (Å²) in [6.45, 7) is 1.49. The largest absolute Gasteiger partial charge is 0.496 e. The standard InChI is InChI=1S/C13H19N3O4S/c1-20-12-5-4-10(7-11(12)13(14)17)21(18,19)16-9-3-2-6-15-8-9/h4-5,7,9,15-16H,2-3,6,8H2,1H3,(H2,14,17). The number of carbonyl (C=O) groups is 1. The number of benzene rings is 1. The molecule has 2 rings (SSSR count). The number of hydrogen-bond acceptors (Lipinski definition) is 5. The van der Waals surface area contributed by atoms with E-state index in [9.17, 15) is 13.2 Å². The number of carbonyl (C=O) groups excluding carboxylic acids is 1. The minimum Gasteiger partial charge on any atom is -0.496 e. The molecule has 116 valence electrons. The highest BCUT2D eigenvalue weighted by Crippen LogP contribution is 2.22. The first-order chi connectivity index (χ1) is 9.94. The van der Waals surface area contributed by atoms with E-state index in [0.29, 0.717) is 6.54 Å². The minimum atomic E-state index is -3.69. The summed E-state index contributed by atoms with van der Waals surface area (Å²) < 4.78 is 32.3. The molecule has 21 heavy (non-hydrogen) atoms. The fourth-order valence-corrected chi connectivity index (χ4v) is 3.58. The number of primary amides is 1. The third-order valence-corrected chi connectivity index (χ3v) is 4.88. The molecule has 1 aliphatic rings. The van der Waals surface area contributed by atoms with Crippen LogP contribution in [-0.2, 0) is 10.0 Å². The van der Waals surface area contributed by atoms with Gasteiger partial charge in [0.2, 0.25) is 10.0 Å². The Morgan fingerprint density at radius 3 is 2.81 bits per heavy atom. The molecule has 1 aromatic rings. The molecule has 0 saturated carbocycles. The number of sulfonamides is 1. The van der Waals surface area contributed by atoms with Crippen LogP contribution < -0.4 is 20.5 Å². The number of rotatable bonds is 5. The summed E-state index contributed by atoms with van der Waals surface area (Å²) in [7, 11) is -2.30. The summed E-state index contributed by atoms with van der Waals surface area (Å²) in [6.07, 6.45) is 1.70. The van der Waals surface area contributed by atoms with Gasteiger partial charge in [0.05, 0.1) is 17.6 Å². The second kappa shape index (κ2) is 6.42. The van der Waals surface area contributed by atoms with E-state index in [-0.39, 0.29) is 22.3 Å². The van der Waals surface area contributed by atoms with Crippen LogP contribution in [0.5, 0.6) is 5.75 Å². The number of methoxy groups -OCH3 is 1. The molecular formula is C13H19N3O4S. The van der Waals surface area contributed by atoms with Crippen molar-refractivity contribution in [2.24, 2.45) is 5.73 Å². The lowest BCUT2D eigenvalue weighted by Gasteiger charge is -2.23. The van der Waals surface area contributed by atoms with Crippen molar-refractivity contribution in [2.45, 2.75) is 23.8 Å². The maximum atomic E-state index is 12.3. The average molecular weight is 313 g/mol. The molecule has 0 bridgehead atoms. The number of ether oxygens (including phenoxy) is 1. The summed E-state index contributed by atoms with van der Waals surface area (Å²) >= 11 is 0. The predicted molar refractivity (Wildman–Crippen MR) is 77.7 cm³/mol. The van der Waals surface area contributed by atoms with Crippen molar-refractivity contribution in [3.63, 3.8) is 0 Å². The summed E-state index contributed by atoms with van der Waals surface area (Å²) in [4.78, 5) is 11.4. The quantitative estimate of drug-likeness (QED) is 0.698. The Balaban J connectivity index is 2.27. The van der Waals surface area contributed by atoms with Crippen LogP contribution in [0.4, 0.5) is 0 Å². The Morgan fingerprint density at radius 2 is 2.24 bits per heavy atom. The topological polar surface area (TPSA) is 111 Å². The molecule has 1 aliphatic heterocycles. The van der Waals surface area contributed by atoms with Crippen LogP contribution in [0.2, 0.25) is 0 Å². The molecule has 1 fully saturated rings. The van der Waals surface area contributed by atoms with E-state index in [1.54, 1.807) is 0 Å². The first kappa shape index (κ1) is 15.7. The van der Waals surface area contributed by atoms with Crippen LogP contribution >= 0.6 is 0 Å². The molecule has 1 unspecified atom stereocenters. The van der Waals surface area contributed by atoms with Crippen molar-refractivity contribution < 1.29 is 17.9 Å². The van der Waals surface area contributed by atoms with E-state index in [2.05, 4.69) is 10.0 Å². The molecule has 7 nitrogen and oxygen atoms in total. The van der Waals surface area contributed by atoms with Crippen LogP contribution in [0.25, 0.3) is 0 Å². The van der Waals surface area contributed by atoms with Gasteiger partial charge in [-0.3, -0.25) is 4.79 Å². The molecule has 1 atom stereocenters. The van der Waals surface area contributed by atoms with Gasteiger partial charge < -0.3 is 15.8 Å². The van der Waals surface area contributed by atoms with Gasteiger partial charge in [-0.05, 0) is 37.6 Å². The summed E-state index contributed by atoms with van der Waals surface area (Å²) in [6, 6.07) is 3.90. The van der Waals surface area contributed by atoms with Crippen LogP contribution in [0.3, 0.4) is 0 Å². The van der Waals surface area contributed by atoms with E-state index in [1.807, 2.05) is 0 Å². The van der Waals surface area contributed by atoms with Gasteiger partial charge in [0.1, 0.15) is 5.75 Å². The maximum absolute atomic E-state index is 12.3. The van der Waals surface area contributed by atoms with Gasteiger partial charge in [0.15, 0.2) is 0 Å². The van der Waals surface area contributed by atoms with Gasteiger partial charge in [0.25, 0.3) is 5.91 Å². The molecule has 1 saturated heterocycles. The van der Waals surface area contributed by atoms with Crippen LogP contribution in [-0.4, -0.2) is 40.6 Å². The molecule has 1 amide bonds. The van der Waals surface area contributed by atoms with Crippen LogP contribution in [0.1, 0.15) is 23.2 Å². The summed E-state index contributed by atoms with van der Waals surface area (Å²) in [5, 5.41) is 3.14. The zero-order valence-electron chi connectivity index (χ0n) is 11.8. The van der Waals surface area contributed by atoms with Gasteiger partial charge in [-0.15, -0.1) is 0 Å². The number of piperidine rings is 1. The molecule has 4 N–H and O–H groups in total. The highest BCUT2D eigenvalue weighted by Gasteiger charge is 2.23. The predicted octanol–water partition coefficient (Wildman–Crippen LogP) is -0.176. The van der Waals surface area contributed by atoms with Crippen LogP contribution in [0, 0.1) is 0 Å². The number of amides is 1. The fraction of sp³-hybridized carbons (Fsp3) is 0.462. The number of nitrogens with one attached hydrogen (secondary N) is 2. The highest BCUT2D eigenvalue weighted by molar-refractivity contribution is 7.89. The second-order valence-corrected chi connectivity index (χ2v) is 6.60. The van der Waals surface area contributed by atoms with E-state index < -0.39 is 15.9 Å². The van der Waals surface area contributed by atoms with E-state index in [0.717, 1.165) is 19.4 Å². The van der Waals surface area contributed by atoms with Gasteiger partial charge in [0, 0.05) is 12.6 Å². The third-order valence-electron chi connectivity index (χ3n) is 3.37. The molecule has 0 radical (unpaired) electrons. The second-order valence-electron chi connectivity index (χ2n) is 4.89. The highest BCUT2D eigenvalue weighted by atomic mass is 32.2. The smallest absolute Gasteiger partial charge is 0.252 e. The van der Waals surface area contributed by atoms with Crippen LogP contribution in [0.15, 0.2) is 23.1 Å². The lowest BCUT2D eigenvalue weighted by atomic mass is 10.1. The van der Waals surface area contributed by atoms with Crippen molar-refractivity contribution in [1.29, 1.82) is 0 Å². The zero-order valence-corrected chi connectivity index (χ0v) is 12.6. The zero-order chi connectivity index (χ0) is 15.5. The number of hydrogen-bond donors (Lipinski definition) is 3. The first-order valence-electron chi connectivity index (χ1n) is 6.65. The Labute approximate surface area is 123 Å². The minimum absolute atomic E-state index is 0.00248. The summed E-state index contributed by atoms with van der Waals surface area (Å²) in [5.41, 5.74) is 5.29. The van der Waals surface area contributed by atoms with Gasteiger partial charge in [-0.1, -0.05) is 0 Å². The fourth-order valence-electron chi connectivity index (χ4n) is 2.29. The lowest BCUT2D eigenvalue weighted by Crippen LogP contribution is -2.45. The normalized spacial score (nSPS) is 19.2. The SMILES string of the molecule is COc1ccc(S(=O)(=O)NC2CCCNC2)cc1C(N)=O. The molecule has 0 aliphatic carbocycles. The third kappa shape index (κ3) is 3.72.